The highest BCUT2D eigenvalue weighted by atomic mass is 35.5. The van der Waals surface area contributed by atoms with Gasteiger partial charge in [-0.15, -0.1) is 0 Å². The van der Waals surface area contributed by atoms with E-state index < -0.39 is 0 Å². The van der Waals surface area contributed by atoms with Crippen LogP contribution in [0.25, 0.3) is 11.5 Å². The van der Waals surface area contributed by atoms with Gasteiger partial charge in [-0.3, -0.25) is 9.89 Å². The number of amides is 1. The number of benzene rings is 1. The second-order valence-electron chi connectivity index (χ2n) is 4.64. The molecule has 2 N–H and O–H groups in total. The summed E-state index contributed by atoms with van der Waals surface area (Å²) in [5.74, 6) is 6.11. The average molecular weight is 326 g/mol. The Labute approximate surface area is 137 Å². The fraction of sp³-hybridized carbons (Fsp3) is 0.0588. The molecule has 0 saturated heterocycles. The molecule has 3 rings (SSSR count). The highest BCUT2D eigenvalue weighted by molar-refractivity contribution is 6.30. The van der Waals surface area contributed by atoms with E-state index >= 15 is 0 Å². The summed E-state index contributed by atoms with van der Waals surface area (Å²) < 4.78 is 5.23. The minimum atomic E-state index is -0.306. The van der Waals surface area contributed by atoms with E-state index in [1.807, 2.05) is 12.1 Å². The van der Waals surface area contributed by atoms with Crippen LogP contribution in [-0.2, 0) is 0 Å². The summed E-state index contributed by atoms with van der Waals surface area (Å²) >= 11 is 5.88. The van der Waals surface area contributed by atoms with Crippen molar-refractivity contribution in [3.63, 3.8) is 0 Å². The molecule has 23 heavy (non-hydrogen) atoms. The molecule has 0 unspecified atom stereocenters. The first-order chi connectivity index (χ1) is 11.2. The molecule has 1 aromatic carbocycles. The lowest BCUT2D eigenvalue weighted by atomic mass is 10.2. The summed E-state index contributed by atoms with van der Waals surface area (Å²) in [6.07, 6.45) is 1.56. The van der Waals surface area contributed by atoms with Crippen LogP contribution in [-0.4, -0.2) is 22.6 Å². The smallest absolute Gasteiger partial charge is 0.272 e. The van der Waals surface area contributed by atoms with E-state index in [1.165, 1.54) is 0 Å². The standard InChI is InChI=1S/C17H12ClN3O2/c18-13-6-1-4-12(10-13)5-2-8-19-17(22)15-11-14(20-21-15)16-7-3-9-23-16/h1,3-4,6-7,9-11H,8H2,(H,19,22)(H,20,21). The zero-order chi connectivity index (χ0) is 16.1. The Hall–Kier alpha value is -2.97. The number of hydrogen-bond acceptors (Lipinski definition) is 3. The first-order valence-corrected chi connectivity index (χ1v) is 7.22. The van der Waals surface area contributed by atoms with Gasteiger partial charge in [0.2, 0.25) is 0 Å². The summed E-state index contributed by atoms with van der Waals surface area (Å²) in [5.41, 5.74) is 1.72. The predicted octanol–water partition coefficient (Wildman–Crippen LogP) is 3.10. The van der Waals surface area contributed by atoms with Crippen LogP contribution in [0.4, 0.5) is 0 Å². The van der Waals surface area contributed by atoms with Gasteiger partial charge in [-0.05, 0) is 30.3 Å². The maximum atomic E-state index is 12.0. The van der Waals surface area contributed by atoms with Gasteiger partial charge in [0.1, 0.15) is 5.69 Å². The highest BCUT2D eigenvalue weighted by Gasteiger charge is 2.11. The molecule has 0 aliphatic rings. The molecule has 0 spiro atoms. The molecule has 0 aliphatic carbocycles. The SMILES string of the molecule is O=C(NCC#Cc1cccc(Cl)c1)c1cc(-c2ccco2)[nH]n1. The van der Waals surface area contributed by atoms with Crippen LogP contribution in [0.1, 0.15) is 16.1 Å². The number of aromatic nitrogens is 2. The molecule has 114 valence electrons. The zero-order valence-electron chi connectivity index (χ0n) is 12.0. The number of nitrogens with zero attached hydrogens (tertiary/aromatic N) is 1. The summed E-state index contributed by atoms with van der Waals surface area (Å²) in [4.78, 5) is 12.0. The molecule has 0 radical (unpaired) electrons. The van der Waals surface area contributed by atoms with Gasteiger partial charge in [0.05, 0.1) is 12.8 Å². The monoisotopic (exact) mass is 325 g/mol. The van der Waals surface area contributed by atoms with E-state index in [9.17, 15) is 4.79 Å². The van der Waals surface area contributed by atoms with Crippen molar-refractivity contribution in [2.45, 2.75) is 0 Å². The van der Waals surface area contributed by atoms with Crippen molar-refractivity contribution in [3.8, 4) is 23.3 Å². The molecule has 2 aromatic heterocycles. The number of furan rings is 1. The van der Waals surface area contributed by atoms with Crippen molar-refractivity contribution >= 4 is 17.5 Å². The predicted molar refractivity (Wildman–Crippen MR) is 87.0 cm³/mol. The Morgan fingerprint density at radius 3 is 3.00 bits per heavy atom. The molecule has 0 fully saturated rings. The van der Waals surface area contributed by atoms with E-state index in [4.69, 9.17) is 16.0 Å². The lowest BCUT2D eigenvalue weighted by Gasteiger charge is -1.96. The lowest BCUT2D eigenvalue weighted by Crippen LogP contribution is -2.23. The number of H-pyrrole nitrogens is 1. The number of halogens is 1. The molecule has 3 aromatic rings. The third kappa shape index (κ3) is 3.82. The van der Waals surface area contributed by atoms with Gasteiger partial charge in [0, 0.05) is 16.7 Å². The van der Waals surface area contributed by atoms with Gasteiger partial charge >= 0.3 is 0 Å². The number of carbonyl (C=O) groups excluding carboxylic acids is 1. The first kappa shape index (κ1) is 14.9. The Bertz CT molecular complexity index is 873. The van der Waals surface area contributed by atoms with Crippen LogP contribution in [0.5, 0.6) is 0 Å². The maximum absolute atomic E-state index is 12.0. The first-order valence-electron chi connectivity index (χ1n) is 6.84. The molecule has 5 nitrogen and oxygen atoms in total. The number of aromatic amines is 1. The molecular weight excluding hydrogens is 314 g/mol. The summed E-state index contributed by atoms with van der Waals surface area (Å²) in [6, 6.07) is 12.4. The van der Waals surface area contributed by atoms with Crippen molar-refractivity contribution in [3.05, 3.63) is 65.0 Å². The Morgan fingerprint density at radius 2 is 2.22 bits per heavy atom. The quantitative estimate of drug-likeness (QED) is 0.727. The third-order valence-corrected chi connectivity index (χ3v) is 3.23. The number of rotatable bonds is 3. The van der Waals surface area contributed by atoms with Gasteiger partial charge < -0.3 is 9.73 Å². The van der Waals surface area contributed by atoms with Gasteiger partial charge in [0.15, 0.2) is 11.5 Å². The minimum Gasteiger partial charge on any atom is -0.463 e. The topological polar surface area (TPSA) is 70.9 Å². The molecule has 0 aliphatic heterocycles. The molecule has 0 atom stereocenters. The lowest BCUT2D eigenvalue weighted by molar-refractivity contribution is 0.0953. The number of hydrogen-bond donors (Lipinski definition) is 2. The maximum Gasteiger partial charge on any atom is 0.272 e. The normalized spacial score (nSPS) is 9.96. The van der Waals surface area contributed by atoms with E-state index in [0.717, 1.165) is 5.56 Å². The summed E-state index contributed by atoms with van der Waals surface area (Å²) in [5, 5.41) is 10.0. The number of nitrogens with one attached hydrogen (secondary N) is 2. The Morgan fingerprint density at radius 1 is 1.30 bits per heavy atom. The largest absolute Gasteiger partial charge is 0.463 e. The minimum absolute atomic E-state index is 0.217. The molecule has 0 bridgehead atoms. The fourth-order valence-corrected chi connectivity index (χ4v) is 2.11. The summed E-state index contributed by atoms with van der Waals surface area (Å²) in [7, 11) is 0. The molecular formula is C17H12ClN3O2. The van der Waals surface area contributed by atoms with Crippen molar-refractivity contribution < 1.29 is 9.21 Å². The fourth-order valence-electron chi connectivity index (χ4n) is 1.92. The molecule has 1 amide bonds. The Balaban J connectivity index is 1.58. The van der Waals surface area contributed by atoms with Gasteiger partial charge in [0.25, 0.3) is 5.91 Å². The van der Waals surface area contributed by atoms with Crippen LogP contribution in [0.3, 0.4) is 0 Å². The van der Waals surface area contributed by atoms with Crippen molar-refractivity contribution in [2.24, 2.45) is 0 Å². The zero-order valence-corrected chi connectivity index (χ0v) is 12.7. The molecule has 6 heteroatoms. The number of carbonyl (C=O) groups is 1. The second kappa shape index (κ2) is 6.86. The highest BCUT2D eigenvalue weighted by Crippen LogP contribution is 2.17. The van der Waals surface area contributed by atoms with Gasteiger partial charge in [-0.2, -0.15) is 5.10 Å². The van der Waals surface area contributed by atoms with Crippen molar-refractivity contribution in [1.29, 1.82) is 0 Å². The molecule has 0 saturated carbocycles. The third-order valence-electron chi connectivity index (χ3n) is 2.99. The van der Waals surface area contributed by atoms with Crippen LogP contribution in [0.15, 0.2) is 53.1 Å². The van der Waals surface area contributed by atoms with E-state index in [-0.39, 0.29) is 18.1 Å². The average Bonchev–Trinajstić information content (AvgIpc) is 3.21. The van der Waals surface area contributed by atoms with Crippen molar-refractivity contribution in [1.82, 2.24) is 15.5 Å². The van der Waals surface area contributed by atoms with Crippen molar-refractivity contribution in [2.75, 3.05) is 6.54 Å². The molecule has 2 heterocycles. The Kier molecular flexibility index (Phi) is 4.46. The summed E-state index contributed by atoms with van der Waals surface area (Å²) in [6.45, 7) is 0.217. The van der Waals surface area contributed by atoms with Gasteiger partial charge in [-0.25, -0.2) is 0 Å². The van der Waals surface area contributed by atoms with Crippen LogP contribution in [0, 0.1) is 11.8 Å². The van der Waals surface area contributed by atoms with Gasteiger partial charge in [-0.1, -0.05) is 29.5 Å². The van der Waals surface area contributed by atoms with E-state index in [0.29, 0.717) is 16.5 Å². The van der Waals surface area contributed by atoms with Crippen LogP contribution < -0.4 is 5.32 Å². The van der Waals surface area contributed by atoms with E-state index in [1.54, 1.807) is 36.6 Å². The van der Waals surface area contributed by atoms with Crippen LogP contribution in [0.2, 0.25) is 5.02 Å². The second-order valence-corrected chi connectivity index (χ2v) is 5.08. The van der Waals surface area contributed by atoms with E-state index in [2.05, 4.69) is 27.4 Å². The van der Waals surface area contributed by atoms with Crippen LogP contribution >= 0.6 is 11.6 Å².